The van der Waals surface area contributed by atoms with Crippen LogP contribution in [-0.2, 0) is 14.6 Å². The van der Waals surface area contributed by atoms with Crippen molar-refractivity contribution in [1.82, 2.24) is 4.37 Å². The Bertz CT molecular complexity index is 604. The number of hydrogen-bond acceptors (Lipinski definition) is 7. The molecule has 2 heterocycles. The predicted molar refractivity (Wildman–Crippen MR) is 83.6 cm³/mol. The van der Waals surface area contributed by atoms with Crippen molar-refractivity contribution >= 4 is 32.2 Å². The SMILES string of the molecule is CCN(CC1CCCO1)c1snc(N)c1S(=O)(=O)C1CC1. The highest BCUT2D eigenvalue weighted by atomic mass is 32.2. The van der Waals surface area contributed by atoms with Crippen LogP contribution < -0.4 is 10.6 Å². The lowest BCUT2D eigenvalue weighted by molar-refractivity contribution is 0.116. The first-order valence-electron chi connectivity index (χ1n) is 7.39. The Morgan fingerprint density at radius 2 is 2.19 bits per heavy atom. The van der Waals surface area contributed by atoms with Gasteiger partial charge in [-0.25, -0.2) is 8.42 Å². The second-order valence-corrected chi connectivity index (χ2v) is 8.54. The Morgan fingerprint density at radius 3 is 2.76 bits per heavy atom. The first-order valence-corrected chi connectivity index (χ1v) is 9.71. The van der Waals surface area contributed by atoms with Crippen LogP contribution >= 0.6 is 11.5 Å². The molecule has 0 aromatic carbocycles. The van der Waals surface area contributed by atoms with Gasteiger partial charge in [0, 0.05) is 19.7 Å². The van der Waals surface area contributed by atoms with E-state index in [-0.39, 0.29) is 22.1 Å². The first kappa shape index (κ1) is 15.1. The topological polar surface area (TPSA) is 85.5 Å². The maximum Gasteiger partial charge on any atom is 0.187 e. The number of likely N-dealkylation sites (N-methyl/N-ethyl adjacent to an activating group) is 1. The summed E-state index contributed by atoms with van der Waals surface area (Å²) in [5.41, 5.74) is 5.86. The minimum Gasteiger partial charge on any atom is -0.382 e. The van der Waals surface area contributed by atoms with E-state index in [2.05, 4.69) is 4.37 Å². The van der Waals surface area contributed by atoms with Crippen molar-refractivity contribution in [2.45, 2.75) is 48.9 Å². The van der Waals surface area contributed by atoms with Crippen LogP contribution in [0.4, 0.5) is 10.8 Å². The molecule has 1 aliphatic heterocycles. The number of anilines is 2. The molecule has 0 radical (unpaired) electrons. The van der Waals surface area contributed by atoms with Gasteiger partial charge in [0.05, 0.1) is 11.4 Å². The third-order valence-corrected chi connectivity index (χ3v) is 7.40. The van der Waals surface area contributed by atoms with E-state index in [0.29, 0.717) is 18.1 Å². The van der Waals surface area contributed by atoms with Crippen molar-refractivity contribution in [3.63, 3.8) is 0 Å². The molecule has 0 amide bonds. The van der Waals surface area contributed by atoms with Crippen molar-refractivity contribution in [3.05, 3.63) is 0 Å². The summed E-state index contributed by atoms with van der Waals surface area (Å²) < 4.78 is 34.9. The van der Waals surface area contributed by atoms with Crippen LogP contribution in [0.5, 0.6) is 0 Å². The molecule has 1 aromatic rings. The molecule has 21 heavy (non-hydrogen) atoms. The normalized spacial score (nSPS) is 22.6. The molecule has 118 valence electrons. The van der Waals surface area contributed by atoms with Crippen LogP contribution in [0.15, 0.2) is 4.90 Å². The molecule has 8 heteroatoms. The van der Waals surface area contributed by atoms with Crippen LogP contribution in [-0.4, -0.2) is 43.8 Å². The third kappa shape index (κ3) is 2.89. The lowest BCUT2D eigenvalue weighted by Crippen LogP contribution is -2.32. The quantitative estimate of drug-likeness (QED) is 0.853. The van der Waals surface area contributed by atoms with Crippen molar-refractivity contribution in [3.8, 4) is 0 Å². The van der Waals surface area contributed by atoms with Gasteiger partial charge in [-0.05, 0) is 44.1 Å². The molecule has 6 nitrogen and oxygen atoms in total. The van der Waals surface area contributed by atoms with Crippen LogP contribution in [0, 0.1) is 0 Å². The third-order valence-electron chi connectivity index (χ3n) is 4.02. The fourth-order valence-corrected chi connectivity index (χ4v) is 5.79. The number of ether oxygens (including phenoxy) is 1. The Hall–Kier alpha value is -0.860. The Balaban J connectivity index is 1.89. The van der Waals surface area contributed by atoms with E-state index < -0.39 is 9.84 Å². The zero-order chi connectivity index (χ0) is 15.0. The van der Waals surface area contributed by atoms with E-state index in [0.717, 1.165) is 32.3 Å². The molecular weight excluding hydrogens is 310 g/mol. The highest BCUT2D eigenvalue weighted by molar-refractivity contribution is 7.92. The lowest BCUT2D eigenvalue weighted by atomic mass is 10.2. The zero-order valence-corrected chi connectivity index (χ0v) is 13.8. The van der Waals surface area contributed by atoms with E-state index in [1.807, 2.05) is 11.8 Å². The summed E-state index contributed by atoms with van der Waals surface area (Å²) >= 11 is 1.18. The molecule has 0 spiro atoms. The minimum absolute atomic E-state index is 0.146. The number of sulfone groups is 1. The summed E-state index contributed by atoms with van der Waals surface area (Å²) in [6.45, 7) is 4.22. The molecule has 1 saturated carbocycles. The van der Waals surface area contributed by atoms with Crippen LogP contribution in [0.25, 0.3) is 0 Å². The molecule has 3 rings (SSSR count). The number of rotatable bonds is 6. The van der Waals surface area contributed by atoms with Crippen molar-refractivity contribution in [1.29, 1.82) is 0 Å². The second-order valence-electron chi connectivity index (χ2n) is 5.62. The Labute approximate surface area is 129 Å². The summed E-state index contributed by atoms with van der Waals surface area (Å²) in [5, 5.41) is 0.411. The average molecular weight is 331 g/mol. The summed E-state index contributed by atoms with van der Waals surface area (Å²) in [6, 6.07) is 0. The maximum atomic E-state index is 12.6. The molecule has 1 aliphatic carbocycles. The lowest BCUT2D eigenvalue weighted by Gasteiger charge is -2.25. The second kappa shape index (κ2) is 5.73. The predicted octanol–water partition coefficient (Wildman–Crippen LogP) is 1.67. The van der Waals surface area contributed by atoms with Crippen LogP contribution in [0.1, 0.15) is 32.6 Å². The van der Waals surface area contributed by atoms with Gasteiger partial charge in [0.1, 0.15) is 9.90 Å². The standard InChI is InChI=1S/C13H21N3O3S2/c1-2-16(8-9-4-3-7-19-9)13-11(12(14)15-20-13)21(17,18)10-5-6-10/h9-10H,2-8H2,1H3,(H2,14,15). The van der Waals surface area contributed by atoms with Gasteiger partial charge in [0.25, 0.3) is 0 Å². The summed E-state index contributed by atoms with van der Waals surface area (Å²) in [6.07, 6.45) is 3.73. The number of aromatic nitrogens is 1. The van der Waals surface area contributed by atoms with Gasteiger partial charge >= 0.3 is 0 Å². The minimum atomic E-state index is -3.33. The molecule has 1 unspecified atom stereocenters. The number of nitrogens with zero attached hydrogens (tertiary/aromatic N) is 2. The largest absolute Gasteiger partial charge is 0.382 e. The van der Waals surface area contributed by atoms with Crippen molar-refractivity contribution in [2.75, 3.05) is 30.3 Å². The van der Waals surface area contributed by atoms with Crippen molar-refractivity contribution in [2.24, 2.45) is 0 Å². The fraction of sp³-hybridized carbons (Fsp3) is 0.769. The molecule has 2 fully saturated rings. The Kier molecular flexibility index (Phi) is 4.11. The molecule has 1 saturated heterocycles. The van der Waals surface area contributed by atoms with Gasteiger partial charge in [-0.1, -0.05) is 0 Å². The van der Waals surface area contributed by atoms with Crippen molar-refractivity contribution < 1.29 is 13.2 Å². The van der Waals surface area contributed by atoms with Crippen LogP contribution in [0.3, 0.4) is 0 Å². The highest BCUT2D eigenvalue weighted by Gasteiger charge is 2.41. The molecule has 1 aromatic heterocycles. The Morgan fingerprint density at radius 1 is 1.43 bits per heavy atom. The number of nitrogens with two attached hydrogens (primary N) is 1. The molecule has 2 N–H and O–H groups in total. The average Bonchev–Trinajstić information content (AvgIpc) is 3.07. The molecule has 1 atom stereocenters. The monoisotopic (exact) mass is 331 g/mol. The van der Waals surface area contributed by atoms with E-state index in [9.17, 15) is 8.42 Å². The van der Waals surface area contributed by atoms with Gasteiger partial charge in [-0.3, -0.25) is 0 Å². The summed E-state index contributed by atoms with van der Waals surface area (Å²) in [4.78, 5) is 2.29. The summed E-state index contributed by atoms with van der Waals surface area (Å²) in [7, 11) is -3.33. The van der Waals surface area contributed by atoms with Gasteiger partial charge in [0.2, 0.25) is 0 Å². The fourth-order valence-electron chi connectivity index (χ4n) is 2.69. The highest BCUT2D eigenvalue weighted by Crippen LogP contribution is 2.42. The first-order chi connectivity index (χ1) is 10.0. The van der Waals surface area contributed by atoms with Gasteiger partial charge in [-0.15, -0.1) is 0 Å². The van der Waals surface area contributed by atoms with E-state index in [1.54, 1.807) is 0 Å². The van der Waals surface area contributed by atoms with Crippen LogP contribution in [0.2, 0.25) is 0 Å². The zero-order valence-electron chi connectivity index (χ0n) is 12.1. The molecular formula is C13H21N3O3S2. The summed E-state index contributed by atoms with van der Waals surface area (Å²) in [5.74, 6) is 0.146. The van der Waals surface area contributed by atoms with Gasteiger partial charge < -0.3 is 15.4 Å². The number of hydrogen-bond donors (Lipinski definition) is 1. The number of nitrogen functional groups attached to an aromatic ring is 1. The van der Waals surface area contributed by atoms with Gasteiger partial charge in [-0.2, -0.15) is 4.37 Å². The smallest absolute Gasteiger partial charge is 0.187 e. The maximum absolute atomic E-state index is 12.6. The molecule has 0 bridgehead atoms. The van der Waals surface area contributed by atoms with E-state index >= 15 is 0 Å². The molecule has 2 aliphatic rings. The van der Waals surface area contributed by atoms with Gasteiger partial charge in [0.15, 0.2) is 15.7 Å². The van der Waals surface area contributed by atoms with E-state index in [1.165, 1.54) is 11.5 Å². The van der Waals surface area contributed by atoms with E-state index in [4.69, 9.17) is 10.5 Å².